The molecule has 1 heterocycles. The summed E-state index contributed by atoms with van der Waals surface area (Å²) in [5.41, 5.74) is -0.752. The molecular formula is C20H32O5. The zero-order valence-electron chi connectivity index (χ0n) is 15.6. The van der Waals surface area contributed by atoms with E-state index in [2.05, 4.69) is 6.58 Å². The van der Waals surface area contributed by atoms with Gasteiger partial charge in [0.1, 0.15) is 6.10 Å². The topological polar surface area (TPSA) is 87.0 Å². The number of hydrogen-bond acceptors (Lipinski definition) is 5. The van der Waals surface area contributed by atoms with Gasteiger partial charge in [0.25, 0.3) is 0 Å². The molecule has 0 aromatic rings. The maximum atomic E-state index is 12.1. The van der Waals surface area contributed by atoms with Crippen LogP contribution in [0.3, 0.4) is 0 Å². The Morgan fingerprint density at radius 3 is 2.60 bits per heavy atom. The third kappa shape index (κ3) is 5.16. The van der Waals surface area contributed by atoms with Gasteiger partial charge in [0.2, 0.25) is 0 Å². The summed E-state index contributed by atoms with van der Waals surface area (Å²) in [6, 6.07) is 0. The number of esters is 1. The molecule has 0 spiro atoms. The van der Waals surface area contributed by atoms with E-state index in [1.807, 2.05) is 13.0 Å². The van der Waals surface area contributed by atoms with E-state index in [0.717, 1.165) is 5.57 Å². The second kappa shape index (κ2) is 7.60. The summed E-state index contributed by atoms with van der Waals surface area (Å²) in [6.07, 6.45) is 4.42. The van der Waals surface area contributed by atoms with Crippen molar-refractivity contribution in [2.45, 2.75) is 89.1 Å². The largest absolute Gasteiger partial charge is 0.456 e. The van der Waals surface area contributed by atoms with E-state index in [4.69, 9.17) is 4.74 Å². The molecule has 5 unspecified atom stereocenters. The van der Waals surface area contributed by atoms with Crippen LogP contribution in [0, 0.1) is 5.92 Å². The lowest BCUT2D eigenvalue weighted by atomic mass is 9.79. The Morgan fingerprint density at radius 1 is 1.24 bits per heavy atom. The Bertz CT molecular complexity index is 546. The first-order valence-corrected chi connectivity index (χ1v) is 9.21. The van der Waals surface area contributed by atoms with Crippen LogP contribution < -0.4 is 0 Å². The standard InChI is InChI=1S/C20H32O5/c1-13-6-7-15-12-17(25-18(22)14(15)2)20(4,24)10-5-9-19(3,23)11-8-16(13)21/h6,15-17,21,23-24H,2,5,7-12H2,1,3-4H3. The molecule has 5 nitrogen and oxygen atoms in total. The van der Waals surface area contributed by atoms with Crippen molar-refractivity contribution in [1.29, 1.82) is 0 Å². The van der Waals surface area contributed by atoms with E-state index in [0.29, 0.717) is 50.5 Å². The molecule has 2 rings (SSSR count). The van der Waals surface area contributed by atoms with Crippen LogP contribution >= 0.6 is 0 Å². The van der Waals surface area contributed by atoms with Gasteiger partial charge in [-0.25, -0.2) is 4.79 Å². The zero-order chi connectivity index (χ0) is 18.8. The minimum atomic E-state index is -1.13. The summed E-state index contributed by atoms with van der Waals surface area (Å²) in [5.74, 6) is -0.543. The fourth-order valence-corrected chi connectivity index (χ4v) is 3.69. The SMILES string of the molecule is C=C1C(=O)OC2CC1CC=C(C)C(O)CCC(C)(O)CCCC2(C)O. The van der Waals surface area contributed by atoms with Crippen molar-refractivity contribution in [2.24, 2.45) is 5.92 Å². The van der Waals surface area contributed by atoms with Crippen LogP contribution in [0.5, 0.6) is 0 Å². The van der Waals surface area contributed by atoms with Crippen molar-refractivity contribution in [3.8, 4) is 0 Å². The summed E-state index contributed by atoms with van der Waals surface area (Å²) < 4.78 is 5.42. The number of aliphatic hydroxyl groups is 3. The van der Waals surface area contributed by atoms with Crippen LogP contribution in [0.2, 0.25) is 0 Å². The number of fused-ring (bicyclic) bond motifs is 2. The fraction of sp³-hybridized carbons (Fsp3) is 0.750. The van der Waals surface area contributed by atoms with E-state index in [-0.39, 0.29) is 5.92 Å². The Balaban J connectivity index is 2.26. The molecular weight excluding hydrogens is 320 g/mol. The molecule has 0 aromatic carbocycles. The van der Waals surface area contributed by atoms with Gasteiger partial charge in [0, 0.05) is 5.57 Å². The second-order valence-corrected chi connectivity index (χ2v) is 8.30. The fourth-order valence-electron chi connectivity index (χ4n) is 3.69. The number of carbonyl (C=O) groups excluding carboxylic acids is 1. The smallest absolute Gasteiger partial charge is 0.334 e. The molecule has 3 N–H and O–H groups in total. The van der Waals surface area contributed by atoms with Gasteiger partial charge in [-0.15, -0.1) is 0 Å². The van der Waals surface area contributed by atoms with Crippen molar-refractivity contribution in [3.63, 3.8) is 0 Å². The van der Waals surface area contributed by atoms with Gasteiger partial charge < -0.3 is 20.1 Å². The number of hydrogen-bond donors (Lipinski definition) is 3. The maximum absolute atomic E-state index is 12.1. The molecule has 2 aliphatic rings. The highest BCUT2D eigenvalue weighted by atomic mass is 16.6. The van der Waals surface area contributed by atoms with Crippen LogP contribution in [0.1, 0.15) is 65.7 Å². The molecule has 0 amide bonds. The van der Waals surface area contributed by atoms with Gasteiger partial charge in [0.15, 0.2) is 0 Å². The number of rotatable bonds is 0. The first kappa shape index (κ1) is 20.1. The third-order valence-corrected chi connectivity index (χ3v) is 5.80. The van der Waals surface area contributed by atoms with Crippen molar-refractivity contribution in [3.05, 3.63) is 23.8 Å². The van der Waals surface area contributed by atoms with Crippen LogP contribution in [-0.2, 0) is 9.53 Å². The minimum Gasteiger partial charge on any atom is -0.456 e. The average Bonchev–Trinajstić information content (AvgIpc) is 2.52. The molecule has 1 fully saturated rings. The van der Waals surface area contributed by atoms with E-state index in [9.17, 15) is 20.1 Å². The lowest BCUT2D eigenvalue weighted by molar-refractivity contribution is -0.168. The molecule has 1 aliphatic carbocycles. The Morgan fingerprint density at radius 2 is 1.92 bits per heavy atom. The monoisotopic (exact) mass is 352 g/mol. The molecule has 0 aromatic heterocycles. The minimum absolute atomic E-state index is 0.0917. The first-order valence-electron chi connectivity index (χ1n) is 9.21. The number of carbonyl (C=O) groups is 1. The predicted octanol–water partition coefficient (Wildman–Crippen LogP) is 2.64. The highest BCUT2D eigenvalue weighted by Crippen LogP contribution is 2.36. The Kier molecular flexibility index (Phi) is 6.13. The molecule has 1 aliphatic heterocycles. The molecule has 5 atom stereocenters. The van der Waals surface area contributed by atoms with Crippen molar-refractivity contribution < 1.29 is 24.9 Å². The Labute approximate surface area is 150 Å². The van der Waals surface area contributed by atoms with E-state index in [1.165, 1.54) is 0 Å². The molecule has 5 heteroatoms. The number of aliphatic hydroxyl groups excluding tert-OH is 1. The molecule has 25 heavy (non-hydrogen) atoms. The second-order valence-electron chi connectivity index (χ2n) is 8.30. The normalized spacial score (nSPS) is 41.5. The predicted molar refractivity (Wildman–Crippen MR) is 95.8 cm³/mol. The molecule has 2 bridgehead atoms. The highest BCUT2D eigenvalue weighted by molar-refractivity contribution is 5.89. The highest BCUT2D eigenvalue weighted by Gasteiger charge is 2.42. The van der Waals surface area contributed by atoms with Gasteiger partial charge in [-0.05, 0) is 77.2 Å². The van der Waals surface area contributed by atoms with Gasteiger partial charge in [0.05, 0.1) is 17.3 Å². The summed E-state index contributed by atoms with van der Waals surface area (Å²) in [6.45, 7) is 9.17. The molecule has 1 saturated heterocycles. The summed E-state index contributed by atoms with van der Waals surface area (Å²) in [5, 5.41) is 31.6. The first-order chi connectivity index (χ1) is 11.5. The summed E-state index contributed by atoms with van der Waals surface area (Å²) in [4.78, 5) is 12.1. The zero-order valence-corrected chi connectivity index (χ0v) is 15.6. The van der Waals surface area contributed by atoms with Crippen LogP contribution in [0.25, 0.3) is 0 Å². The summed E-state index contributed by atoms with van der Waals surface area (Å²) in [7, 11) is 0. The van der Waals surface area contributed by atoms with Gasteiger partial charge in [-0.2, -0.15) is 0 Å². The van der Waals surface area contributed by atoms with E-state index in [1.54, 1.807) is 13.8 Å². The van der Waals surface area contributed by atoms with Crippen LogP contribution in [0.4, 0.5) is 0 Å². The number of allylic oxidation sites excluding steroid dienone is 1. The Hall–Kier alpha value is -1.17. The summed E-state index contributed by atoms with van der Waals surface area (Å²) >= 11 is 0. The lowest BCUT2D eigenvalue weighted by Crippen LogP contribution is -2.47. The van der Waals surface area contributed by atoms with Gasteiger partial charge >= 0.3 is 5.97 Å². The number of ether oxygens (including phenoxy) is 1. The van der Waals surface area contributed by atoms with Gasteiger partial charge in [-0.1, -0.05) is 12.7 Å². The van der Waals surface area contributed by atoms with Crippen LogP contribution in [-0.4, -0.2) is 44.7 Å². The quantitative estimate of drug-likeness (QED) is 0.354. The van der Waals surface area contributed by atoms with Gasteiger partial charge in [-0.3, -0.25) is 0 Å². The molecule has 0 saturated carbocycles. The lowest BCUT2D eigenvalue weighted by Gasteiger charge is -2.39. The third-order valence-electron chi connectivity index (χ3n) is 5.80. The van der Waals surface area contributed by atoms with Crippen LogP contribution in [0.15, 0.2) is 23.8 Å². The van der Waals surface area contributed by atoms with E-state index >= 15 is 0 Å². The maximum Gasteiger partial charge on any atom is 0.334 e. The van der Waals surface area contributed by atoms with E-state index < -0.39 is 29.4 Å². The average molecular weight is 352 g/mol. The molecule has 0 radical (unpaired) electrons. The van der Waals surface area contributed by atoms with Crippen molar-refractivity contribution in [1.82, 2.24) is 0 Å². The van der Waals surface area contributed by atoms with Crippen molar-refractivity contribution >= 4 is 5.97 Å². The molecule has 142 valence electrons. The van der Waals surface area contributed by atoms with Crippen molar-refractivity contribution in [2.75, 3.05) is 0 Å².